The van der Waals surface area contributed by atoms with Crippen molar-refractivity contribution >= 4 is 18.5 Å². The highest BCUT2D eigenvalue weighted by Crippen LogP contribution is 2.20. The summed E-state index contributed by atoms with van der Waals surface area (Å²) in [5, 5.41) is 30.9. The predicted octanol–water partition coefficient (Wildman–Crippen LogP) is -2.14. The average Bonchev–Trinajstić information content (AvgIpc) is 2.18. The third kappa shape index (κ3) is 2.82. The van der Waals surface area contributed by atoms with Crippen molar-refractivity contribution in [1.29, 1.82) is 0 Å². The lowest BCUT2D eigenvalue weighted by Gasteiger charge is -2.40. The number of rotatable bonds is 2. The van der Waals surface area contributed by atoms with E-state index >= 15 is 0 Å². The van der Waals surface area contributed by atoms with Crippen LogP contribution in [0.2, 0.25) is 0 Å². The molecule has 0 aromatic carbocycles. The van der Waals surface area contributed by atoms with Crippen LogP contribution < -0.4 is 5.32 Å². The Labute approximate surface area is 92.7 Å². The van der Waals surface area contributed by atoms with Crippen LogP contribution in [0.4, 0.5) is 0 Å². The van der Waals surface area contributed by atoms with Crippen LogP contribution in [0.1, 0.15) is 6.92 Å². The molecule has 15 heavy (non-hydrogen) atoms. The Morgan fingerprint density at radius 1 is 1.40 bits per heavy atom. The maximum atomic E-state index is 10.8. The molecule has 0 aliphatic carbocycles. The van der Waals surface area contributed by atoms with E-state index in [1.165, 1.54) is 6.92 Å². The molecular formula is C8H15NO5S. The van der Waals surface area contributed by atoms with Gasteiger partial charge in [0.15, 0.2) is 6.29 Å². The minimum absolute atomic E-state index is 0.169. The quantitative estimate of drug-likeness (QED) is 0.353. The van der Waals surface area contributed by atoms with Crippen LogP contribution in [0, 0.1) is 0 Å². The number of aliphatic hydroxyl groups is 3. The number of hydrogen-bond acceptors (Lipinski definition) is 6. The molecule has 4 N–H and O–H groups in total. The van der Waals surface area contributed by atoms with Gasteiger partial charge in [-0.2, -0.15) is 12.6 Å². The summed E-state index contributed by atoms with van der Waals surface area (Å²) in [5.74, 6) is -0.250. The Morgan fingerprint density at radius 3 is 2.47 bits per heavy atom. The smallest absolute Gasteiger partial charge is 0.217 e. The number of hydrogen-bond donors (Lipinski definition) is 5. The van der Waals surface area contributed by atoms with Gasteiger partial charge >= 0.3 is 0 Å². The van der Waals surface area contributed by atoms with Gasteiger partial charge in [0, 0.05) is 12.7 Å². The fourth-order valence-electron chi connectivity index (χ4n) is 1.49. The highest BCUT2D eigenvalue weighted by Gasteiger charge is 2.43. The zero-order valence-corrected chi connectivity index (χ0v) is 9.09. The summed E-state index contributed by atoms with van der Waals surface area (Å²) in [5.41, 5.74) is 0. The SMILES string of the molecule is CC(=O)N[C@@H]1[C@@H](O)[C@H](O)[C@@H](CS)O[C@H]1O. The topological polar surface area (TPSA) is 99.0 Å². The summed E-state index contributed by atoms with van der Waals surface area (Å²) in [7, 11) is 0. The Kier molecular flexibility index (Phi) is 4.35. The largest absolute Gasteiger partial charge is 0.388 e. The van der Waals surface area contributed by atoms with E-state index in [2.05, 4.69) is 17.9 Å². The number of carbonyl (C=O) groups excluding carboxylic acids is 1. The van der Waals surface area contributed by atoms with Gasteiger partial charge in [0.2, 0.25) is 5.91 Å². The van der Waals surface area contributed by atoms with Crippen molar-refractivity contribution in [3.05, 3.63) is 0 Å². The first-order valence-corrected chi connectivity index (χ1v) is 5.18. The van der Waals surface area contributed by atoms with Crippen LogP contribution in [0.25, 0.3) is 0 Å². The maximum absolute atomic E-state index is 10.8. The zero-order valence-electron chi connectivity index (χ0n) is 8.20. The van der Waals surface area contributed by atoms with Gasteiger partial charge in [0.05, 0.1) is 6.10 Å². The van der Waals surface area contributed by atoms with Crippen molar-refractivity contribution in [3.8, 4) is 0 Å². The second-order valence-corrected chi connectivity index (χ2v) is 3.82. The normalized spacial score (nSPS) is 41.3. The van der Waals surface area contributed by atoms with E-state index < -0.39 is 36.6 Å². The lowest BCUT2D eigenvalue weighted by atomic mass is 9.97. The fourth-order valence-corrected chi connectivity index (χ4v) is 1.79. The predicted molar refractivity (Wildman–Crippen MR) is 54.4 cm³/mol. The summed E-state index contributed by atoms with van der Waals surface area (Å²) < 4.78 is 4.99. The van der Waals surface area contributed by atoms with Crippen LogP contribution in [0.3, 0.4) is 0 Å². The molecule has 5 atom stereocenters. The minimum Gasteiger partial charge on any atom is -0.388 e. The first-order valence-electron chi connectivity index (χ1n) is 4.55. The molecule has 1 aliphatic rings. The van der Waals surface area contributed by atoms with Gasteiger partial charge in [-0.15, -0.1) is 0 Å². The first kappa shape index (κ1) is 12.7. The monoisotopic (exact) mass is 237 g/mol. The molecule has 0 bridgehead atoms. The lowest BCUT2D eigenvalue weighted by molar-refractivity contribution is -0.241. The van der Waals surface area contributed by atoms with Crippen LogP contribution in [0.5, 0.6) is 0 Å². The molecule has 0 aromatic heterocycles. The number of aliphatic hydroxyl groups excluding tert-OH is 3. The third-order valence-corrected chi connectivity index (χ3v) is 2.63. The summed E-state index contributed by atoms with van der Waals surface area (Å²) in [6, 6.07) is -1.02. The highest BCUT2D eigenvalue weighted by molar-refractivity contribution is 7.80. The molecular weight excluding hydrogens is 222 g/mol. The van der Waals surface area contributed by atoms with Crippen molar-refractivity contribution < 1.29 is 24.9 Å². The summed E-state index contributed by atoms with van der Waals surface area (Å²) in [6.45, 7) is 1.25. The molecule has 1 rings (SSSR count). The Hall–Kier alpha value is -0.340. The van der Waals surface area contributed by atoms with Crippen LogP contribution >= 0.6 is 12.6 Å². The Bertz CT molecular complexity index is 239. The fraction of sp³-hybridized carbons (Fsp3) is 0.875. The first-order chi connectivity index (χ1) is 6.97. The molecule has 88 valence electrons. The van der Waals surface area contributed by atoms with Gasteiger partial charge < -0.3 is 25.4 Å². The standard InChI is InChI=1S/C8H15NO5S/c1-3(10)9-5-7(12)6(11)4(2-15)14-8(5)13/h4-8,11-13,15H,2H2,1H3,(H,9,10)/t4-,5-,6-,7-,8-/m1/s1. The second kappa shape index (κ2) is 5.13. The van der Waals surface area contributed by atoms with Crippen LogP contribution in [-0.4, -0.2) is 57.6 Å². The molecule has 7 heteroatoms. The number of ether oxygens (including phenoxy) is 1. The van der Waals surface area contributed by atoms with E-state index in [0.29, 0.717) is 0 Å². The van der Waals surface area contributed by atoms with Gasteiger partial charge in [-0.05, 0) is 0 Å². The zero-order chi connectivity index (χ0) is 11.6. The molecule has 0 saturated carbocycles. The van der Waals surface area contributed by atoms with E-state index in [1.54, 1.807) is 0 Å². The van der Waals surface area contributed by atoms with Crippen LogP contribution in [-0.2, 0) is 9.53 Å². The summed E-state index contributed by atoms with van der Waals surface area (Å²) in [4.78, 5) is 10.8. The Morgan fingerprint density at radius 2 is 2.00 bits per heavy atom. The number of amides is 1. The van der Waals surface area contributed by atoms with Gasteiger partial charge in [0.25, 0.3) is 0 Å². The highest BCUT2D eigenvalue weighted by atomic mass is 32.1. The van der Waals surface area contributed by atoms with Crippen molar-refractivity contribution in [2.45, 2.75) is 37.6 Å². The van der Waals surface area contributed by atoms with E-state index in [0.717, 1.165) is 0 Å². The van der Waals surface area contributed by atoms with Gasteiger partial charge in [-0.1, -0.05) is 0 Å². The van der Waals surface area contributed by atoms with Crippen molar-refractivity contribution in [1.82, 2.24) is 5.32 Å². The van der Waals surface area contributed by atoms with Gasteiger partial charge in [0.1, 0.15) is 18.2 Å². The minimum atomic E-state index is -1.34. The van der Waals surface area contributed by atoms with E-state index in [1.807, 2.05) is 0 Å². The number of carbonyl (C=O) groups is 1. The molecule has 1 amide bonds. The second-order valence-electron chi connectivity index (χ2n) is 3.46. The average molecular weight is 237 g/mol. The van der Waals surface area contributed by atoms with Gasteiger partial charge in [-0.25, -0.2) is 0 Å². The lowest BCUT2D eigenvalue weighted by Crippen LogP contribution is -2.63. The maximum Gasteiger partial charge on any atom is 0.217 e. The van der Waals surface area contributed by atoms with E-state index in [4.69, 9.17) is 4.74 Å². The molecule has 0 unspecified atom stereocenters. The van der Waals surface area contributed by atoms with Crippen LogP contribution in [0.15, 0.2) is 0 Å². The number of nitrogens with one attached hydrogen (secondary N) is 1. The molecule has 6 nitrogen and oxygen atoms in total. The van der Waals surface area contributed by atoms with Crippen molar-refractivity contribution in [2.24, 2.45) is 0 Å². The molecule has 1 fully saturated rings. The molecule has 0 radical (unpaired) electrons. The molecule has 1 saturated heterocycles. The van der Waals surface area contributed by atoms with E-state index in [-0.39, 0.29) is 5.75 Å². The molecule has 1 aliphatic heterocycles. The summed E-state index contributed by atoms with van der Waals surface area (Å²) >= 11 is 3.91. The van der Waals surface area contributed by atoms with Gasteiger partial charge in [-0.3, -0.25) is 4.79 Å². The van der Waals surface area contributed by atoms with E-state index in [9.17, 15) is 20.1 Å². The third-order valence-electron chi connectivity index (χ3n) is 2.27. The number of thiol groups is 1. The molecule has 0 spiro atoms. The van der Waals surface area contributed by atoms with Crippen molar-refractivity contribution in [3.63, 3.8) is 0 Å². The molecule has 1 heterocycles. The summed E-state index contributed by atoms with van der Waals surface area (Å²) in [6.07, 6.45) is -4.54. The Balaban J connectivity index is 2.70. The molecule has 0 aromatic rings. The van der Waals surface area contributed by atoms with Crippen molar-refractivity contribution in [2.75, 3.05) is 5.75 Å².